The van der Waals surface area contributed by atoms with Gasteiger partial charge < -0.3 is 29.4 Å². The Morgan fingerprint density at radius 2 is 1.50 bits per heavy atom. The quantitative estimate of drug-likeness (QED) is 0.288. The molecule has 164 valence electrons. The monoisotopic (exact) mass is 405 g/mol. The predicted molar refractivity (Wildman–Crippen MR) is 102 cm³/mol. The molecule has 0 fully saturated rings. The maximum Gasteiger partial charge on any atom is 0.303 e. The number of carboxylic acid groups (broad SMARTS) is 1. The molecule has 0 aliphatic carbocycles. The van der Waals surface area contributed by atoms with Crippen LogP contribution in [0.4, 0.5) is 0 Å². The number of ketones is 1. The highest BCUT2D eigenvalue weighted by atomic mass is 16.5. The molecule has 28 heavy (non-hydrogen) atoms. The minimum absolute atomic E-state index is 0.000717. The number of Topliss-reactive ketones (excluding diaryl/α,β-unsaturated/α-hetero) is 1. The van der Waals surface area contributed by atoms with Gasteiger partial charge in [0.2, 0.25) is 5.91 Å². The van der Waals surface area contributed by atoms with E-state index in [1.54, 1.807) is 0 Å². The third-order valence-corrected chi connectivity index (χ3v) is 3.77. The molecule has 0 aromatic carbocycles. The molecule has 0 spiro atoms. The number of methoxy groups -OCH3 is 1. The molecule has 0 aliphatic heterocycles. The number of amides is 1. The van der Waals surface area contributed by atoms with Crippen LogP contribution in [0, 0.1) is 5.92 Å². The van der Waals surface area contributed by atoms with E-state index in [-0.39, 0.29) is 44.0 Å². The van der Waals surface area contributed by atoms with Crippen molar-refractivity contribution >= 4 is 17.7 Å². The average Bonchev–Trinajstić information content (AvgIpc) is 2.66. The van der Waals surface area contributed by atoms with Crippen LogP contribution in [-0.2, 0) is 33.3 Å². The van der Waals surface area contributed by atoms with E-state index >= 15 is 0 Å². The number of carbonyl (C=O) groups is 3. The van der Waals surface area contributed by atoms with Gasteiger partial charge in [-0.05, 0) is 12.8 Å². The van der Waals surface area contributed by atoms with Gasteiger partial charge in [0.05, 0.1) is 39.6 Å². The molecule has 9 heteroatoms. The van der Waals surface area contributed by atoms with Crippen molar-refractivity contribution < 1.29 is 38.4 Å². The first-order chi connectivity index (χ1) is 13.5. The lowest BCUT2D eigenvalue weighted by molar-refractivity contribution is -0.138. The highest BCUT2D eigenvalue weighted by Crippen LogP contribution is 2.13. The van der Waals surface area contributed by atoms with Crippen LogP contribution >= 0.6 is 0 Å². The van der Waals surface area contributed by atoms with Crippen molar-refractivity contribution in [2.75, 3.05) is 59.9 Å². The fourth-order valence-corrected chi connectivity index (χ4v) is 2.29. The lowest BCUT2D eigenvalue weighted by Gasteiger charge is -2.15. The SMILES string of the molecule is CCCOCCOCCOCCC(=O)CC(CCC(=O)O)C(=O)NCCOC. The van der Waals surface area contributed by atoms with Gasteiger partial charge in [0.15, 0.2) is 0 Å². The van der Waals surface area contributed by atoms with E-state index < -0.39 is 11.9 Å². The summed E-state index contributed by atoms with van der Waals surface area (Å²) in [5.41, 5.74) is 0. The van der Waals surface area contributed by atoms with Crippen molar-refractivity contribution in [2.45, 2.75) is 39.0 Å². The Kier molecular flexibility index (Phi) is 17.8. The Labute approximate surface area is 167 Å². The van der Waals surface area contributed by atoms with Gasteiger partial charge in [-0.3, -0.25) is 14.4 Å². The molecule has 0 aliphatic rings. The Hall–Kier alpha value is -1.55. The zero-order valence-electron chi connectivity index (χ0n) is 17.1. The first kappa shape index (κ1) is 26.4. The van der Waals surface area contributed by atoms with Crippen LogP contribution in [0.1, 0.15) is 39.0 Å². The Morgan fingerprint density at radius 3 is 2.07 bits per heavy atom. The number of rotatable bonds is 20. The first-order valence-electron chi connectivity index (χ1n) is 9.74. The fraction of sp³-hybridized carbons (Fsp3) is 0.842. The summed E-state index contributed by atoms with van der Waals surface area (Å²) >= 11 is 0. The van der Waals surface area contributed by atoms with E-state index in [0.717, 1.165) is 13.0 Å². The van der Waals surface area contributed by atoms with Crippen molar-refractivity contribution in [1.29, 1.82) is 0 Å². The molecule has 0 saturated carbocycles. The number of hydrogen-bond acceptors (Lipinski definition) is 7. The lowest BCUT2D eigenvalue weighted by atomic mass is 9.95. The van der Waals surface area contributed by atoms with Crippen molar-refractivity contribution in [2.24, 2.45) is 5.92 Å². The van der Waals surface area contributed by atoms with Crippen LogP contribution in [0.3, 0.4) is 0 Å². The van der Waals surface area contributed by atoms with E-state index in [1.807, 2.05) is 6.92 Å². The van der Waals surface area contributed by atoms with E-state index in [0.29, 0.717) is 39.6 Å². The normalized spacial score (nSPS) is 11.9. The average molecular weight is 405 g/mol. The first-order valence-corrected chi connectivity index (χ1v) is 9.74. The summed E-state index contributed by atoms with van der Waals surface area (Å²) < 4.78 is 20.8. The summed E-state index contributed by atoms with van der Waals surface area (Å²) in [7, 11) is 1.52. The second-order valence-electron chi connectivity index (χ2n) is 6.24. The van der Waals surface area contributed by atoms with Gasteiger partial charge in [0.1, 0.15) is 5.78 Å². The molecular weight excluding hydrogens is 370 g/mol. The summed E-state index contributed by atoms with van der Waals surface area (Å²) in [6, 6.07) is 0. The molecule has 0 heterocycles. The smallest absolute Gasteiger partial charge is 0.303 e. The molecule has 0 rings (SSSR count). The summed E-state index contributed by atoms with van der Waals surface area (Å²) in [4.78, 5) is 35.0. The van der Waals surface area contributed by atoms with Crippen LogP contribution in [0.15, 0.2) is 0 Å². The number of aliphatic carboxylic acids is 1. The summed E-state index contributed by atoms with van der Waals surface area (Å²) in [5.74, 6) is -2.12. The highest BCUT2D eigenvalue weighted by Gasteiger charge is 2.22. The summed E-state index contributed by atoms with van der Waals surface area (Å²) in [6.45, 7) is 5.53. The summed E-state index contributed by atoms with van der Waals surface area (Å²) in [5, 5.41) is 11.5. The van der Waals surface area contributed by atoms with Gasteiger partial charge in [-0.1, -0.05) is 6.92 Å². The maximum absolute atomic E-state index is 12.1. The topological polar surface area (TPSA) is 120 Å². The molecule has 1 amide bonds. The second-order valence-corrected chi connectivity index (χ2v) is 6.24. The predicted octanol–water partition coefficient (Wildman–Crippen LogP) is 1.04. The fourth-order valence-electron chi connectivity index (χ4n) is 2.29. The van der Waals surface area contributed by atoms with Gasteiger partial charge in [-0.25, -0.2) is 0 Å². The highest BCUT2D eigenvalue weighted by molar-refractivity contribution is 5.87. The molecule has 1 atom stereocenters. The van der Waals surface area contributed by atoms with Crippen LogP contribution in [0.2, 0.25) is 0 Å². The van der Waals surface area contributed by atoms with Crippen molar-refractivity contribution in [1.82, 2.24) is 5.32 Å². The number of nitrogens with one attached hydrogen (secondary N) is 1. The maximum atomic E-state index is 12.1. The standard InChI is InChI=1S/C19H35NO8/c1-3-8-26-11-13-28-14-12-27-9-6-17(21)15-16(4-5-18(22)23)19(24)20-7-10-25-2/h16H,3-15H2,1-2H3,(H,20,24)(H,22,23). The zero-order valence-corrected chi connectivity index (χ0v) is 17.1. The van der Waals surface area contributed by atoms with Gasteiger partial charge in [-0.2, -0.15) is 0 Å². The van der Waals surface area contributed by atoms with Gasteiger partial charge >= 0.3 is 5.97 Å². The van der Waals surface area contributed by atoms with Crippen LogP contribution in [0.25, 0.3) is 0 Å². The molecule has 0 aromatic heterocycles. The molecule has 0 bridgehead atoms. The van der Waals surface area contributed by atoms with Crippen molar-refractivity contribution in [3.63, 3.8) is 0 Å². The van der Waals surface area contributed by atoms with Crippen LogP contribution in [-0.4, -0.2) is 82.7 Å². The third kappa shape index (κ3) is 16.6. The second kappa shape index (κ2) is 18.8. The zero-order chi connectivity index (χ0) is 21.0. The summed E-state index contributed by atoms with van der Waals surface area (Å²) in [6.07, 6.45) is 1.11. The van der Waals surface area contributed by atoms with E-state index in [4.69, 9.17) is 24.1 Å². The van der Waals surface area contributed by atoms with Crippen molar-refractivity contribution in [3.8, 4) is 0 Å². The van der Waals surface area contributed by atoms with Crippen LogP contribution in [0.5, 0.6) is 0 Å². The van der Waals surface area contributed by atoms with E-state index in [9.17, 15) is 14.4 Å². The Balaban J connectivity index is 3.96. The molecule has 0 radical (unpaired) electrons. The third-order valence-electron chi connectivity index (χ3n) is 3.77. The number of carboxylic acids is 1. The van der Waals surface area contributed by atoms with Gasteiger partial charge in [-0.15, -0.1) is 0 Å². The number of carbonyl (C=O) groups excluding carboxylic acids is 2. The lowest BCUT2D eigenvalue weighted by Crippen LogP contribution is -2.34. The van der Waals surface area contributed by atoms with Crippen LogP contribution < -0.4 is 5.32 Å². The largest absolute Gasteiger partial charge is 0.481 e. The Morgan fingerprint density at radius 1 is 0.893 bits per heavy atom. The van der Waals surface area contributed by atoms with E-state index in [1.165, 1.54) is 7.11 Å². The van der Waals surface area contributed by atoms with E-state index in [2.05, 4.69) is 5.32 Å². The molecule has 9 nitrogen and oxygen atoms in total. The van der Waals surface area contributed by atoms with Gasteiger partial charge in [0, 0.05) is 45.4 Å². The minimum atomic E-state index is -0.995. The number of hydrogen-bond donors (Lipinski definition) is 2. The minimum Gasteiger partial charge on any atom is -0.481 e. The Bertz CT molecular complexity index is 430. The molecule has 0 saturated heterocycles. The number of ether oxygens (including phenoxy) is 4. The van der Waals surface area contributed by atoms with Crippen molar-refractivity contribution in [3.05, 3.63) is 0 Å². The molecule has 0 aromatic rings. The molecule has 1 unspecified atom stereocenters. The molecule has 2 N–H and O–H groups in total. The van der Waals surface area contributed by atoms with Gasteiger partial charge in [0.25, 0.3) is 0 Å². The molecular formula is C19H35NO8.